The van der Waals surface area contributed by atoms with E-state index in [1.807, 2.05) is 13.0 Å². The molecule has 1 N–H and O–H groups in total. The van der Waals surface area contributed by atoms with E-state index in [2.05, 4.69) is 29.8 Å². The minimum Gasteiger partial charge on any atom is -0.450 e. The third-order valence-corrected chi connectivity index (χ3v) is 4.09. The van der Waals surface area contributed by atoms with Crippen LogP contribution in [0.15, 0.2) is 24.3 Å². The SMILES string of the molecule is CCOC(=O)NC1Cc2ccccc2C1SC. The molecule has 4 heteroatoms. The third-order valence-electron chi connectivity index (χ3n) is 3.00. The molecule has 92 valence electrons. The number of hydrogen-bond donors (Lipinski definition) is 1. The molecule has 2 rings (SSSR count). The van der Waals surface area contributed by atoms with Gasteiger partial charge in [-0.3, -0.25) is 0 Å². The molecular weight excluding hydrogens is 234 g/mol. The first-order valence-corrected chi connectivity index (χ1v) is 7.09. The topological polar surface area (TPSA) is 38.3 Å². The van der Waals surface area contributed by atoms with Crippen molar-refractivity contribution in [3.05, 3.63) is 35.4 Å². The average Bonchev–Trinajstić information content (AvgIpc) is 2.66. The molecule has 2 unspecified atom stereocenters. The summed E-state index contributed by atoms with van der Waals surface area (Å²) in [6.07, 6.45) is 2.65. The Bertz CT molecular complexity index is 408. The van der Waals surface area contributed by atoms with Gasteiger partial charge in [0.25, 0.3) is 0 Å². The predicted molar refractivity (Wildman–Crippen MR) is 70.3 cm³/mol. The number of ether oxygens (including phenoxy) is 1. The molecule has 0 saturated carbocycles. The normalized spacial score (nSPS) is 22.0. The maximum atomic E-state index is 11.5. The van der Waals surface area contributed by atoms with E-state index < -0.39 is 0 Å². The van der Waals surface area contributed by atoms with Crippen molar-refractivity contribution in [3.63, 3.8) is 0 Å². The van der Waals surface area contributed by atoms with Crippen LogP contribution < -0.4 is 5.32 Å². The first-order valence-electron chi connectivity index (χ1n) is 5.80. The smallest absolute Gasteiger partial charge is 0.407 e. The van der Waals surface area contributed by atoms with Gasteiger partial charge in [0.1, 0.15) is 0 Å². The zero-order valence-electron chi connectivity index (χ0n) is 10.1. The van der Waals surface area contributed by atoms with Crippen LogP contribution in [0.3, 0.4) is 0 Å². The Kier molecular flexibility index (Phi) is 3.94. The molecule has 0 radical (unpaired) electrons. The van der Waals surface area contributed by atoms with Gasteiger partial charge < -0.3 is 10.1 Å². The van der Waals surface area contributed by atoms with E-state index in [-0.39, 0.29) is 12.1 Å². The summed E-state index contributed by atoms with van der Waals surface area (Å²) < 4.78 is 4.94. The lowest BCUT2D eigenvalue weighted by Crippen LogP contribution is -2.37. The molecule has 1 aliphatic rings. The van der Waals surface area contributed by atoms with Crippen LogP contribution in [0.5, 0.6) is 0 Å². The molecule has 0 aliphatic heterocycles. The van der Waals surface area contributed by atoms with Gasteiger partial charge >= 0.3 is 6.09 Å². The number of amides is 1. The van der Waals surface area contributed by atoms with Gasteiger partial charge in [0.15, 0.2) is 0 Å². The minimum atomic E-state index is -0.315. The molecule has 1 amide bonds. The van der Waals surface area contributed by atoms with Crippen LogP contribution in [0.4, 0.5) is 4.79 Å². The van der Waals surface area contributed by atoms with Crippen molar-refractivity contribution in [2.24, 2.45) is 0 Å². The van der Waals surface area contributed by atoms with Crippen molar-refractivity contribution < 1.29 is 9.53 Å². The Balaban J connectivity index is 2.09. The van der Waals surface area contributed by atoms with Crippen molar-refractivity contribution in [1.29, 1.82) is 0 Å². The van der Waals surface area contributed by atoms with Crippen LogP contribution in [0.25, 0.3) is 0 Å². The number of benzene rings is 1. The Morgan fingerprint density at radius 1 is 1.53 bits per heavy atom. The zero-order chi connectivity index (χ0) is 12.3. The van der Waals surface area contributed by atoms with Gasteiger partial charge in [0.2, 0.25) is 0 Å². The molecule has 1 aliphatic carbocycles. The van der Waals surface area contributed by atoms with Gasteiger partial charge in [0.05, 0.1) is 17.9 Å². The molecule has 0 saturated heterocycles. The molecule has 0 spiro atoms. The molecule has 1 aromatic rings. The van der Waals surface area contributed by atoms with Crippen LogP contribution in [0, 0.1) is 0 Å². The Labute approximate surface area is 106 Å². The summed E-state index contributed by atoms with van der Waals surface area (Å²) in [4.78, 5) is 11.5. The average molecular weight is 251 g/mol. The van der Waals surface area contributed by atoms with Gasteiger partial charge in [-0.1, -0.05) is 24.3 Å². The van der Waals surface area contributed by atoms with E-state index in [0.29, 0.717) is 11.9 Å². The number of rotatable bonds is 3. The summed E-state index contributed by atoms with van der Waals surface area (Å²) in [5, 5.41) is 3.28. The Hall–Kier alpha value is -1.16. The van der Waals surface area contributed by atoms with Gasteiger partial charge in [-0.25, -0.2) is 4.79 Å². The Morgan fingerprint density at radius 3 is 3.00 bits per heavy atom. The van der Waals surface area contributed by atoms with Gasteiger partial charge in [-0.2, -0.15) is 11.8 Å². The summed E-state index contributed by atoms with van der Waals surface area (Å²) >= 11 is 1.77. The number of fused-ring (bicyclic) bond motifs is 1. The molecule has 0 heterocycles. The van der Waals surface area contributed by atoms with Crippen molar-refractivity contribution in [1.82, 2.24) is 5.32 Å². The second kappa shape index (κ2) is 5.45. The predicted octanol–water partition coefficient (Wildman–Crippen LogP) is 2.76. The summed E-state index contributed by atoms with van der Waals surface area (Å²) in [6, 6.07) is 8.51. The van der Waals surface area contributed by atoms with E-state index in [9.17, 15) is 4.79 Å². The van der Waals surface area contributed by atoms with Crippen molar-refractivity contribution in [3.8, 4) is 0 Å². The molecule has 3 nitrogen and oxygen atoms in total. The quantitative estimate of drug-likeness (QED) is 0.897. The largest absolute Gasteiger partial charge is 0.450 e. The lowest BCUT2D eigenvalue weighted by molar-refractivity contribution is 0.148. The second-order valence-corrected chi connectivity index (χ2v) is 5.01. The lowest BCUT2D eigenvalue weighted by Gasteiger charge is -2.19. The maximum Gasteiger partial charge on any atom is 0.407 e. The first kappa shape index (κ1) is 12.3. The molecule has 0 bridgehead atoms. The zero-order valence-corrected chi connectivity index (χ0v) is 10.9. The van der Waals surface area contributed by atoms with Gasteiger partial charge in [-0.15, -0.1) is 0 Å². The van der Waals surface area contributed by atoms with Crippen molar-refractivity contribution in [2.45, 2.75) is 24.6 Å². The molecule has 0 aromatic heterocycles. The summed E-state index contributed by atoms with van der Waals surface area (Å²) in [7, 11) is 0. The molecule has 17 heavy (non-hydrogen) atoms. The van der Waals surface area contributed by atoms with Crippen LogP contribution in [-0.2, 0) is 11.2 Å². The summed E-state index contributed by atoms with van der Waals surface area (Å²) in [5.74, 6) is 0. The van der Waals surface area contributed by atoms with Crippen LogP contribution >= 0.6 is 11.8 Å². The van der Waals surface area contributed by atoms with E-state index in [4.69, 9.17) is 4.74 Å². The minimum absolute atomic E-state index is 0.140. The second-order valence-electron chi connectivity index (χ2n) is 4.03. The third kappa shape index (κ3) is 2.57. The van der Waals surface area contributed by atoms with E-state index in [1.165, 1.54) is 11.1 Å². The highest BCUT2D eigenvalue weighted by Gasteiger charge is 2.32. The molecule has 0 fully saturated rings. The molecular formula is C13H17NO2S. The van der Waals surface area contributed by atoms with E-state index in [1.54, 1.807) is 11.8 Å². The number of carbonyl (C=O) groups is 1. The highest BCUT2D eigenvalue weighted by molar-refractivity contribution is 7.98. The van der Waals surface area contributed by atoms with E-state index in [0.717, 1.165) is 6.42 Å². The van der Waals surface area contributed by atoms with Crippen molar-refractivity contribution in [2.75, 3.05) is 12.9 Å². The molecule has 2 atom stereocenters. The van der Waals surface area contributed by atoms with Crippen LogP contribution in [0.1, 0.15) is 23.3 Å². The summed E-state index contributed by atoms with van der Waals surface area (Å²) in [5.41, 5.74) is 2.66. The highest BCUT2D eigenvalue weighted by atomic mass is 32.2. The van der Waals surface area contributed by atoms with Gasteiger partial charge in [0, 0.05) is 0 Å². The number of hydrogen-bond acceptors (Lipinski definition) is 3. The fourth-order valence-electron chi connectivity index (χ4n) is 2.30. The van der Waals surface area contributed by atoms with Crippen LogP contribution in [-0.4, -0.2) is 25.0 Å². The summed E-state index contributed by atoms with van der Waals surface area (Å²) in [6.45, 7) is 2.23. The molecule has 1 aromatic carbocycles. The van der Waals surface area contributed by atoms with E-state index >= 15 is 0 Å². The van der Waals surface area contributed by atoms with Gasteiger partial charge in [-0.05, 0) is 30.7 Å². The number of alkyl carbamates (subject to hydrolysis) is 1. The highest BCUT2D eigenvalue weighted by Crippen LogP contribution is 2.39. The van der Waals surface area contributed by atoms with Crippen LogP contribution in [0.2, 0.25) is 0 Å². The number of nitrogens with one attached hydrogen (secondary N) is 1. The lowest BCUT2D eigenvalue weighted by atomic mass is 10.1. The fourth-order valence-corrected chi connectivity index (χ4v) is 3.28. The van der Waals surface area contributed by atoms with Crippen molar-refractivity contribution >= 4 is 17.9 Å². The Morgan fingerprint density at radius 2 is 2.29 bits per heavy atom. The first-order chi connectivity index (χ1) is 8.26. The standard InChI is InChI=1S/C13H17NO2S/c1-3-16-13(15)14-11-8-9-6-4-5-7-10(9)12(11)17-2/h4-7,11-12H,3,8H2,1-2H3,(H,14,15). The number of thioether (sulfide) groups is 1. The monoisotopic (exact) mass is 251 g/mol. The maximum absolute atomic E-state index is 11.5. The fraction of sp³-hybridized carbons (Fsp3) is 0.462. The number of carbonyl (C=O) groups excluding carboxylic acids is 1.